The predicted octanol–water partition coefficient (Wildman–Crippen LogP) is 5.77. The highest BCUT2D eigenvalue weighted by Crippen LogP contribution is 2.19. The number of hydrogen-bond donors (Lipinski definition) is 3. The summed E-state index contributed by atoms with van der Waals surface area (Å²) in [5.41, 5.74) is 9.93. The number of nitrogens with one attached hydrogen (secondary N) is 2. The highest BCUT2D eigenvalue weighted by atomic mass is 16.5. The molecule has 0 aliphatic rings. The first-order valence-corrected chi connectivity index (χ1v) is 15.0. The first kappa shape index (κ1) is 35.0. The second-order valence-corrected chi connectivity index (χ2v) is 10.0. The quantitative estimate of drug-likeness (QED) is 0.143. The largest absolute Gasteiger partial charge is 0.465 e. The fourth-order valence-corrected chi connectivity index (χ4v) is 4.41. The molecule has 0 fully saturated rings. The number of para-hydroxylation sites is 2. The Balaban J connectivity index is 0.000000250. The summed E-state index contributed by atoms with van der Waals surface area (Å²) in [5.74, 6) is -0.472. The second kappa shape index (κ2) is 18.4. The van der Waals surface area contributed by atoms with Gasteiger partial charge in [0.25, 0.3) is 0 Å². The SMILES string of the molecule is CCNC(=O)N(Cc1ccc(C(=O)CN)cc1)c1ccccc1.CCNC(=O)N(Cc1ccc(C(=O)OC)cc1)c1ccccc1. The molecule has 10 heteroatoms. The summed E-state index contributed by atoms with van der Waals surface area (Å²) in [7, 11) is 1.35. The Hall–Kier alpha value is -5.48. The first-order valence-electron chi connectivity index (χ1n) is 15.0. The highest BCUT2D eigenvalue weighted by molar-refractivity contribution is 5.97. The van der Waals surface area contributed by atoms with Gasteiger partial charge in [-0.2, -0.15) is 0 Å². The molecule has 4 amide bonds. The third-order valence-electron chi connectivity index (χ3n) is 6.80. The number of rotatable bonds is 11. The van der Waals surface area contributed by atoms with E-state index in [0.717, 1.165) is 22.5 Å². The molecule has 240 valence electrons. The Morgan fingerprint density at radius 1 is 0.609 bits per heavy atom. The molecule has 4 rings (SSSR count). The van der Waals surface area contributed by atoms with Crippen molar-refractivity contribution in [3.8, 4) is 0 Å². The summed E-state index contributed by atoms with van der Waals surface area (Å²) in [6, 6.07) is 32.8. The van der Waals surface area contributed by atoms with Gasteiger partial charge in [0.1, 0.15) is 0 Å². The van der Waals surface area contributed by atoms with Crippen molar-refractivity contribution in [1.29, 1.82) is 0 Å². The molecular formula is C36H41N5O5. The number of nitrogens with two attached hydrogens (primary N) is 1. The molecule has 4 aromatic rings. The van der Waals surface area contributed by atoms with Crippen LogP contribution in [0.1, 0.15) is 45.7 Å². The monoisotopic (exact) mass is 623 g/mol. The van der Waals surface area contributed by atoms with Crippen molar-refractivity contribution >= 4 is 35.2 Å². The lowest BCUT2D eigenvalue weighted by atomic mass is 10.1. The molecule has 0 aliphatic carbocycles. The number of methoxy groups -OCH3 is 1. The van der Waals surface area contributed by atoms with Gasteiger partial charge < -0.3 is 21.1 Å². The summed E-state index contributed by atoms with van der Waals surface area (Å²) in [6.45, 7) is 5.72. The van der Waals surface area contributed by atoms with Gasteiger partial charge in [0.2, 0.25) is 0 Å². The summed E-state index contributed by atoms with van der Waals surface area (Å²) in [6.07, 6.45) is 0. The number of esters is 1. The minimum atomic E-state index is -0.375. The third-order valence-corrected chi connectivity index (χ3v) is 6.80. The normalized spacial score (nSPS) is 10.1. The number of nitrogens with zero attached hydrogens (tertiary/aromatic N) is 2. The van der Waals surface area contributed by atoms with E-state index in [1.165, 1.54) is 7.11 Å². The summed E-state index contributed by atoms with van der Waals surface area (Å²) >= 11 is 0. The summed E-state index contributed by atoms with van der Waals surface area (Å²) < 4.78 is 4.68. The number of carbonyl (C=O) groups is 4. The van der Waals surface area contributed by atoms with E-state index in [4.69, 9.17) is 5.73 Å². The van der Waals surface area contributed by atoms with E-state index < -0.39 is 0 Å². The van der Waals surface area contributed by atoms with Crippen molar-refractivity contribution in [2.45, 2.75) is 26.9 Å². The Bertz CT molecular complexity index is 1430. The molecule has 0 aliphatic heterocycles. The molecule has 0 heterocycles. The Kier molecular flexibility index (Phi) is 14.0. The van der Waals surface area contributed by atoms with Crippen LogP contribution in [-0.4, -0.2) is 50.6 Å². The van der Waals surface area contributed by atoms with Crippen LogP contribution in [-0.2, 0) is 17.8 Å². The smallest absolute Gasteiger partial charge is 0.337 e. The van der Waals surface area contributed by atoms with Crippen molar-refractivity contribution < 1.29 is 23.9 Å². The molecule has 0 atom stereocenters. The van der Waals surface area contributed by atoms with E-state index in [1.54, 1.807) is 34.1 Å². The van der Waals surface area contributed by atoms with Gasteiger partial charge in [0.15, 0.2) is 5.78 Å². The maximum absolute atomic E-state index is 12.3. The fourth-order valence-electron chi connectivity index (χ4n) is 4.41. The van der Waals surface area contributed by atoms with E-state index in [9.17, 15) is 19.2 Å². The number of Topliss-reactive ketones (excluding diaryl/α,β-unsaturated/α-hetero) is 1. The number of benzene rings is 4. The van der Waals surface area contributed by atoms with Crippen LogP contribution in [0, 0.1) is 0 Å². The Labute approximate surface area is 270 Å². The van der Waals surface area contributed by atoms with E-state index >= 15 is 0 Å². The van der Waals surface area contributed by atoms with Crippen LogP contribution in [0.2, 0.25) is 0 Å². The molecule has 0 spiro atoms. The van der Waals surface area contributed by atoms with Gasteiger partial charge in [-0.15, -0.1) is 0 Å². The number of carbonyl (C=O) groups excluding carboxylic acids is 4. The molecule has 10 nitrogen and oxygen atoms in total. The zero-order valence-corrected chi connectivity index (χ0v) is 26.4. The Morgan fingerprint density at radius 3 is 1.35 bits per heavy atom. The molecule has 4 N–H and O–H groups in total. The topological polar surface area (TPSA) is 134 Å². The molecule has 0 saturated heterocycles. The summed E-state index contributed by atoms with van der Waals surface area (Å²) in [5, 5.41) is 5.64. The fraction of sp³-hybridized carbons (Fsp3) is 0.222. The van der Waals surface area contributed by atoms with Crippen LogP contribution in [0.4, 0.5) is 21.0 Å². The average Bonchev–Trinajstić information content (AvgIpc) is 3.10. The van der Waals surface area contributed by atoms with Crippen molar-refractivity contribution in [2.24, 2.45) is 5.73 Å². The van der Waals surface area contributed by atoms with E-state index in [-0.39, 0.29) is 30.4 Å². The van der Waals surface area contributed by atoms with Crippen LogP contribution in [0.15, 0.2) is 109 Å². The average molecular weight is 624 g/mol. The minimum absolute atomic E-state index is 0.00556. The van der Waals surface area contributed by atoms with E-state index in [1.807, 2.05) is 98.8 Å². The number of amides is 4. The van der Waals surface area contributed by atoms with Gasteiger partial charge in [0.05, 0.1) is 32.3 Å². The molecule has 0 unspecified atom stereocenters. The van der Waals surface area contributed by atoms with Gasteiger partial charge in [-0.3, -0.25) is 14.6 Å². The van der Waals surface area contributed by atoms with Crippen molar-refractivity contribution in [3.05, 3.63) is 131 Å². The van der Waals surface area contributed by atoms with Gasteiger partial charge in [-0.25, -0.2) is 14.4 Å². The number of urea groups is 2. The van der Waals surface area contributed by atoms with Crippen LogP contribution in [0.5, 0.6) is 0 Å². The van der Waals surface area contributed by atoms with Crippen molar-refractivity contribution in [3.63, 3.8) is 0 Å². The van der Waals surface area contributed by atoms with Gasteiger partial charge in [0, 0.05) is 30.0 Å². The first-order chi connectivity index (χ1) is 22.3. The number of hydrogen-bond acceptors (Lipinski definition) is 6. The van der Waals surface area contributed by atoms with Gasteiger partial charge >= 0.3 is 18.0 Å². The standard InChI is InChI=1S/C18H21N3O2.C18H20N2O3/c1-2-20-18(23)21(16-6-4-3-5-7-16)13-14-8-10-15(11-9-14)17(22)12-19;1-3-19-18(22)20(16-7-5-4-6-8-16)13-14-9-11-15(12-10-14)17(21)23-2/h3-11H,2,12-13,19H2,1H3,(H,20,23);4-12H,3,13H2,1-2H3,(H,19,22). The van der Waals surface area contributed by atoms with Crippen molar-refractivity contribution in [2.75, 3.05) is 36.5 Å². The van der Waals surface area contributed by atoms with Crippen LogP contribution in [0.25, 0.3) is 0 Å². The van der Waals surface area contributed by atoms with Crippen molar-refractivity contribution in [1.82, 2.24) is 10.6 Å². The van der Waals surface area contributed by atoms with E-state index in [2.05, 4.69) is 15.4 Å². The Morgan fingerprint density at radius 2 is 1.00 bits per heavy atom. The molecule has 0 radical (unpaired) electrons. The van der Waals surface area contributed by atoms with Gasteiger partial charge in [-0.1, -0.05) is 72.8 Å². The zero-order chi connectivity index (χ0) is 33.3. The maximum atomic E-state index is 12.3. The number of anilines is 2. The molecule has 4 aromatic carbocycles. The second-order valence-electron chi connectivity index (χ2n) is 10.0. The summed E-state index contributed by atoms with van der Waals surface area (Å²) in [4.78, 5) is 51.0. The van der Waals surface area contributed by atoms with Crippen LogP contribution < -0.4 is 26.2 Å². The lowest BCUT2D eigenvalue weighted by molar-refractivity contribution is 0.0600. The minimum Gasteiger partial charge on any atom is -0.465 e. The molecule has 46 heavy (non-hydrogen) atoms. The number of ketones is 1. The van der Waals surface area contributed by atoms with Gasteiger partial charge in [-0.05, 0) is 61.4 Å². The predicted molar refractivity (Wildman–Crippen MR) is 181 cm³/mol. The molecule has 0 saturated carbocycles. The van der Waals surface area contributed by atoms with Crippen LogP contribution >= 0.6 is 0 Å². The van der Waals surface area contributed by atoms with Crippen LogP contribution in [0.3, 0.4) is 0 Å². The lowest BCUT2D eigenvalue weighted by Gasteiger charge is -2.23. The molecule has 0 bridgehead atoms. The maximum Gasteiger partial charge on any atom is 0.337 e. The highest BCUT2D eigenvalue weighted by Gasteiger charge is 2.17. The molecule has 0 aromatic heterocycles. The zero-order valence-electron chi connectivity index (χ0n) is 26.4. The molecular weight excluding hydrogens is 582 g/mol. The van der Waals surface area contributed by atoms with E-state index in [0.29, 0.717) is 37.3 Å². The third kappa shape index (κ3) is 10.3. The lowest BCUT2D eigenvalue weighted by Crippen LogP contribution is -2.39. The number of ether oxygens (including phenoxy) is 1.